The second-order valence-electron chi connectivity index (χ2n) is 9.01. The molecule has 0 aromatic carbocycles. The molecule has 1 rings (SSSR count). The summed E-state index contributed by atoms with van der Waals surface area (Å²) in [4.78, 5) is 62.9. The quantitative estimate of drug-likeness (QED) is 0.117. The highest BCUT2D eigenvalue weighted by molar-refractivity contribution is 6.41. The zero-order valence-electron chi connectivity index (χ0n) is 21.5. The predicted octanol–water partition coefficient (Wildman–Crippen LogP) is -1.17. The largest absolute Gasteiger partial charge is 0.392 e. The average molecular weight is 499 g/mol. The van der Waals surface area contributed by atoms with Gasteiger partial charge in [0, 0.05) is 33.0 Å². The summed E-state index contributed by atoms with van der Waals surface area (Å²) in [7, 11) is 4.27. The number of epoxide rings is 1. The highest BCUT2D eigenvalue weighted by atomic mass is 16.6. The summed E-state index contributed by atoms with van der Waals surface area (Å²) in [6, 6.07) is -3.22. The number of amides is 3. The number of ether oxygens (including phenoxy) is 3. The third-order valence-corrected chi connectivity index (χ3v) is 5.33. The van der Waals surface area contributed by atoms with Crippen LogP contribution < -0.4 is 21.3 Å². The molecule has 35 heavy (non-hydrogen) atoms. The first kappa shape index (κ1) is 30.2. The molecule has 1 aliphatic rings. The van der Waals surface area contributed by atoms with Gasteiger partial charge in [-0.05, 0) is 26.2 Å². The van der Waals surface area contributed by atoms with Crippen molar-refractivity contribution in [3.63, 3.8) is 0 Å². The summed E-state index contributed by atoms with van der Waals surface area (Å²) in [6.45, 7) is 6.96. The molecule has 0 aliphatic carbocycles. The lowest BCUT2D eigenvalue weighted by Gasteiger charge is -2.26. The van der Waals surface area contributed by atoms with Gasteiger partial charge >= 0.3 is 0 Å². The van der Waals surface area contributed by atoms with E-state index in [1.165, 1.54) is 14.2 Å². The predicted molar refractivity (Wildman–Crippen MR) is 126 cm³/mol. The van der Waals surface area contributed by atoms with Gasteiger partial charge < -0.3 is 35.5 Å². The maximum absolute atomic E-state index is 13.0. The summed E-state index contributed by atoms with van der Waals surface area (Å²) in [5.41, 5.74) is -0.460. The van der Waals surface area contributed by atoms with Crippen LogP contribution in [-0.2, 0) is 38.2 Å². The number of ketones is 2. The third kappa shape index (κ3) is 9.74. The lowest BCUT2D eigenvalue weighted by atomic mass is 9.93. The van der Waals surface area contributed by atoms with Crippen molar-refractivity contribution in [1.29, 1.82) is 0 Å². The minimum Gasteiger partial charge on any atom is -0.392 e. The Hall–Kier alpha value is -2.83. The van der Waals surface area contributed by atoms with E-state index in [1.54, 1.807) is 20.9 Å². The van der Waals surface area contributed by atoms with E-state index in [0.29, 0.717) is 12.1 Å². The monoisotopic (exact) mass is 498 g/mol. The van der Waals surface area contributed by atoms with Crippen LogP contribution in [0.3, 0.4) is 0 Å². The topological polar surface area (TPSA) is 164 Å². The van der Waals surface area contributed by atoms with Gasteiger partial charge in [-0.1, -0.05) is 13.8 Å². The molecule has 0 aromatic heterocycles. The lowest BCUT2D eigenvalue weighted by molar-refractivity contribution is -0.139. The minimum absolute atomic E-state index is 0.112. The van der Waals surface area contributed by atoms with Crippen LogP contribution >= 0.6 is 0 Å². The molecule has 0 radical (unpaired) electrons. The lowest BCUT2D eigenvalue weighted by Crippen LogP contribution is -2.59. The second-order valence-corrected chi connectivity index (χ2v) is 9.01. The van der Waals surface area contributed by atoms with Crippen LogP contribution in [0.4, 0.5) is 0 Å². The maximum Gasteiger partial charge on any atom is 0.292 e. The molecule has 12 heteroatoms. The maximum atomic E-state index is 13.0. The van der Waals surface area contributed by atoms with Crippen molar-refractivity contribution in [3.8, 4) is 0 Å². The van der Waals surface area contributed by atoms with Crippen molar-refractivity contribution < 1.29 is 38.2 Å². The van der Waals surface area contributed by atoms with Gasteiger partial charge in [-0.3, -0.25) is 24.0 Å². The fraction of sp³-hybridized carbons (Fsp3) is 0.696. The molecule has 0 unspecified atom stereocenters. The number of hydrogen-bond acceptors (Lipinski definition) is 9. The number of rotatable bonds is 16. The Balaban J connectivity index is 2.93. The van der Waals surface area contributed by atoms with Crippen LogP contribution in [0.15, 0.2) is 11.8 Å². The van der Waals surface area contributed by atoms with Gasteiger partial charge in [0.2, 0.25) is 17.6 Å². The van der Waals surface area contributed by atoms with Crippen LogP contribution in [0.2, 0.25) is 0 Å². The second kappa shape index (κ2) is 13.9. The van der Waals surface area contributed by atoms with Crippen LogP contribution in [-0.4, -0.2) is 94.1 Å². The zero-order valence-corrected chi connectivity index (χ0v) is 21.5. The van der Waals surface area contributed by atoms with Crippen LogP contribution in [0.1, 0.15) is 34.1 Å². The molecule has 1 fully saturated rings. The third-order valence-electron chi connectivity index (χ3n) is 5.33. The number of allylic oxidation sites excluding steroid dienone is 1. The van der Waals surface area contributed by atoms with Gasteiger partial charge in [0.1, 0.15) is 17.7 Å². The molecule has 0 spiro atoms. The fourth-order valence-electron chi connectivity index (χ4n) is 3.13. The Morgan fingerprint density at radius 2 is 1.43 bits per heavy atom. The number of carbonyl (C=O) groups excluding carboxylic acids is 5. The summed E-state index contributed by atoms with van der Waals surface area (Å²) in [6.07, 6.45) is 1.48. The Morgan fingerprint density at radius 1 is 0.943 bits per heavy atom. The van der Waals surface area contributed by atoms with E-state index in [0.717, 1.165) is 6.08 Å². The van der Waals surface area contributed by atoms with E-state index in [-0.39, 0.29) is 31.5 Å². The van der Waals surface area contributed by atoms with E-state index in [1.807, 2.05) is 13.8 Å². The van der Waals surface area contributed by atoms with E-state index < -0.39 is 47.2 Å². The highest BCUT2D eigenvalue weighted by Gasteiger charge is 2.50. The van der Waals surface area contributed by atoms with Crippen molar-refractivity contribution in [2.45, 2.75) is 57.8 Å². The molecule has 1 aliphatic heterocycles. The van der Waals surface area contributed by atoms with Gasteiger partial charge in [0.25, 0.3) is 5.91 Å². The Labute approximate surface area is 205 Å². The number of hydrogen-bond donors (Lipinski definition) is 4. The normalized spacial score (nSPS) is 19.8. The van der Waals surface area contributed by atoms with Crippen LogP contribution in [0.25, 0.3) is 0 Å². The number of Topliss-reactive ketones (excluding diaryl/α,β-unsaturated/α-hetero) is 1. The Morgan fingerprint density at radius 3 is 1.86 bits per heavy atom. The molecule has 0 saturated carbocycles. The van der Waals surface area contributed by atoms with Crippen LogP contribution in [0, 0.1) is 5.92 Å². The van der Waals surface area contributed by atoms with Gasteiger partial charge in [-0.2, -0.15) is 0 Å². The van der Waals surface area contributed by atoms with Crippen molar-refractivity contribution in [2.24, 2.45) is 5.92 Å². The summed E-state index contributed by atoms with van der Waals surface area (Å²) >= 11 is 0. The molecule has 198 valence electrons. The number of methoxy groups -OCH3 is 2. The molecular weight excluding hydrogens is 460 g/mol. The SMILES string of the molecule is CN/C(C)=C\C(=O)C(=O)N[C@@H](COC)C(=O)N[C@@H](COC)C(=O)N[C@@H](CC(C)C)C(=O)[C@@]1(C)CO1. The molecule has 3 amide bonds. The van der Waals surface area contributed by atoms with Crippen LogP contribution in [0.5, 0.6) is 0 Å². The van der Waals surface area contributed by atoms with E-state index >= 15 is 0 Å². The van der Waals surface area contributed by atoms with E-state index in [9.17, 15) is 24.0 Å². The number of nitrogens with one attached hydrogen (secondary N) is 4. The molecule has 1 saturated heterocycles. The first-order valence-corrected chi connectivity index (χ1v) is 11.4. The molecule has 0 bridgehead atoms. The first-order chi connectivity index (χ1) is 16.4. The van der Waals surface area contributed by atoms with E-state index in [4.69, 9.17) is 14.2 Å². The molecule has 0 aromatic rings. The van der Waals surface area contributed by atoms with Gasteiger partial charge in [0.15, 0.2) is 5.78 Å². The average Bonchev–Trinajstić information content (AvgIpc) is 3.55. The molecule has 12 nitrogen and oxygen atoms in total. The van der Waals surface area contributed by atoms with Gasteiger partial charge in [-0.15, -0.1) is 0 Å². The fourth-order valence-corrected chi connectivity index (χ4v) is 3.13. The van der Waals surface area contributed by atoms with Crippen molar-refractivity contribution >= 4 is 29.3 Å². The smallest absolute Gasteiger partial charge is 0.292 e. The van der Waals surface area contributed by atoms with Gasteiger partial charge in [-0.25, -0.2) is 0 Å². The minimum atomic E-state index is -1.25. The summed E-state index contributed by atoms with van der Waals surface area (Å²) in [5.74, 6) is -3.39. The molecule has 4 atom stereocenters. The van der Waals surface area contributed by atoms with Crippen molar-refractivity contribution in [2.75, 3.05) is 41.1 Å². The van der Waals surface area contributed by atoms with E-state index in [2.05, 4.69) is 21.3 Å². The van der Waals surface area contributed by atoms with Gasteiger partial charge in [0.05, 0.1) is 25.9 Å². The van der Waals surface area contributed by atoms with Crippen molar-refractivity contribution in [1.82, 2.24) is 21.3 Å². The Kier molecular flexibility index (Phi) is 12.0. The first-order valence-electron chi connectivity index (χ1n) is 11.4. The zero-order chi connectivity index (χ0) is 26.8. The van der Waals surface area contributed by atoms with Crippen molar-refractivity contribution in [3.05, 3.63) is 11.8 Å². The molecule has 1 heterocycles. The molecular formula is C23H38N4O8. The Bertz CT molecular complexity index is 822. The summed E-state index contributed by atoms with van der Waals surface area (Å²) in [5, 5.41) is 10.2. The summed E-state index contributed by atoms with van der Waals surface area (Å²) < 4.78 is 15.3. The number of carbonyl (C=O) groups is 5. The standard InChI is InChI=1S/C23H38N4O8/c1-13(2)8-15(19(29)23(4)12-35-23)25-20(30)16(10-33-6)26-21(31)17(11-34-7)27-22(32)18(28)9-14(3)24-5/h9,13,15-17,24H,8,10-12H2,1-7H3,(H,25,30)(H,26,31)(H,27,32)/b14-9-/t15-,16-,17-,23+/m0/s1. The molecule has 4 N–H and O–H groups in total. The highest BCUT2D eigenvalue weighted by Crippen LogP contribution is 2.29.